The van der Waals surface area contributed by atoms with E-state index >= 15 is 0 Å². The maximum Gasteiger partial charge on any atom is 0.134 e. The normalized spacial score (nSPS) is 12.5. The number of phenolic OH excluding ortho intramolecular Hbond substituents is 1. The Hall–Kier alpha value is -2.07. The summed E-state index contributed by atoms with van der Waals surface area (Å²) in [6.45, 7) is 6.41. The van der Waals surface area contributed by atoms with Crippen molar-refractivity contribution < 1.29 is 5.11 Å². The lowest BCUT2D eigenvalue weighted by atomic mass is 10.1. The first-order valence-corrected chi connectivity index (χ1v) is 7.77. The minimum Gasteiger partial charge on any atom is -0.508 e. The molecule has 0 aliphatic rings. The van der Waals surface area contributed by atoms with Crippen LogP contribution in [0.2, 0.25) is 0 Å². The number of anilines is 1. The second-order valence-corrected chi connectivity index (χ2v) is 6.76. The molecule has 2 aromatic heterocycles. The fourth-order valence-corrected chi connectivity index (χ4v) is 3.66. The minimum atomic E-state index is 0.176. The first kappa shape index (κ1) is 13.9. The van der Waals surface area contributed by atoms with Crippen molar-refractivity contribution in [1.82, 2.24) is 4.98 Å². The SMILES string of the molecule is Cc1cc(C(C)Nc2nccc3ccc(O)cc23)c(C)s1. The third-order valence-electron chi connectivity index (χ3n) is 3.65. The molecule has 0 radical (unpaired) electrons. The predicted molar refractivity (Wildman–Crippen MR) is 89.2 cm³/mol. The smallest absolute Gasteiger partial charge is 0.134 e. The molecule has 108 valence electrons. The molecule has 21 heavy (non-hydrogen) atoms. The number of fused-ring (bicyclic) bond motifs is 1. The molecule has 1 aromatic carbocycles. The van der Waals surface area contributed by atoms with Gasteiger partial charge in [0.1, 0.15) is 11.6 Å². The molecule has 0 fully saturated rings. The van der Waals surface area contributed by atoms with Crippen molar-refractivity contribution >= 4 is 27.9 Å². The van der Waals surface area contributed by atoms with Crippen molar-refractivity contribution in [2.75, 3.05) is 5.32 Å². The summed E-state index contributed by atoms with van der Waals surface area (Å²) in [5.41, 5.74) is 1.30. The van der Waals surface area contributed by atoms with E-state index in [1.165, 1.54) is 15.3 Å². The standard InChI is InChI=1S/C17H18N2OS/c1-10-8-15(12(3)21-10)11(2)19-17-16-9-14(20)5-4-13(16)6-7-18-17/h4-9,11,20H,1-3H3,(H,18,19). The van der Waals surface area contributed by atoms with Gasteiger partial charge in [0.25, 0.3) is 0 Å². The first-order chi connectivity index (χ1) is 10.0. The van der Waals surface area contributed by atoms with Crippen molar-refractivity contribution in [2.24, 2.45) is 0 Å². The Morgan fingerprint density at radius 2 is 2.00 bits per heavy atom. The van der Waals surface area contributed by atoms with E-state index in [1.807, 2.05) is 23.5 Å². The van der Waals surface area contributed by atoms with Gasteiger partial charge in [-0.2, -0.15) is 0 Å². The van der Waals surface area contributed by atoms with E-state index in [-0.39, 0.29) is 11.8 Å². The van der Waals surface area contributed by atoms with Crippen LogP contribution in [0, 0.1) is 13.8 Å². The van der Waals surface area contributed by atoms with Crippen molar-refractivity contribution in [1.29, 1.82) is 0 Å². The quantitative estimate of drug-likeness (QED) is 0.730. The first-order valence-electron chi connectivity index (χ1n) is 6.96. The number of thiophene rings is 1. The molecule has 1 atom stereocenters. The monoisotopic (exact) mass is 298 g/mol. The summed E-state index contributed by atoms with van der Waals surface area (Å²) in [4.78, 5) is 7.08. The van der Waals surface area contributed by atoms with E-state index in [1.54, 1.807) is 18.3 Å². The van der Waals surface area contributed by atoms with Gasteiger partial charge in [0.05, 0.1) is 6.04 Å². The number of nitrogens with zero attached hydrogens (tertiary/aromatic N) is 1. The number of hydrogen-bond donors (Lipinski definition) is 2. The number of benzene rings is 1. The zero-order valence-electron chi connectivity index (χ0n) is 12.3. The average Bonchev–Trinajstić information content (AvgIpc) is 2.78. The second kappa shape index (κ2) is 5.37. The summed E-state index contributed by atoms with van der Waals surface area (Å²) < 4.78 is 0. The zero-order chi connectivity index (χ0) is 15.0. The molecule has 0 saturated carbocycles. The Balaban J connectivity index is 1.98. The van der Waals surface area contributed by atoms with Crippen LogP contribution in [0.25, 0.3) is 10.8 Å². The van der Waals surface area contributed by atoms with Crippen LogP contribution in [-0.2, 0) is 0 Å². The van der Waals surface area contributed by atoms with E-state index in [9.17, 15) is 5.11 Å². The Morgan fingerprint density at radius 1 is 1.19 bits per heavy atom. The third kappa shape index (κ3) is 2.72. The number of phenols is 1. The lowest BCUT2D eigenvalue weighted by Gasteiger charge is -2.16. The Morgan fingerprint density at radius 3 is 2.71 bits per heavy atom. The van der Waals surface area contributed by atoms with Crippen LogP contribution < -0.4 is 5.32 Å². The van der Waals surface area contributed by atoms with Crippen LogP contribution in [-0.4, -0.2) is 10.1 Å². The fraction of sp³-hybridized carbons (Fsp3) is 0.235. The number of aromatic hydroxyl groups is 1. The minimum absolute atomic E-state index is 0.176. The molecular formula is C17H18N2OS. The highest BCUT2D eigenvalue weighted by atomic mass is 32.1. The van der Waals surface area contributed by atoms with Crippen molar-refractivity contribution in [3.05, 3.63) is 51.8 Å². The van der Waals surface area contributed by atoms with Crippen molar-refractivity contribution in [3.8, 4) is 5.75 Å². The molecule has 2 heterocycles. The number of aryl methyl sites for hydroxylation is 2. The molecule has 3 rings (SSSR count). The van der Waals surface area contributed by atoms with Gasteiger partial charge in [-0.3, -0.25) is 0 Å². The van der Waals surface area contributed by atoms with E-state index in [0.717, 1.165) is 16.6 Å². The van der Waals surface area contributed by atoms with E-state index in [2.05, 4.69) is 37.1 Å². The highest BCUT2D eigenvalue weighted by Gasteiger charge is 2.13. The highest BCUT2D eigenvalue weighted by molar-refractivity contribution is 7.12. The topological polar surface area (TPSA) is 45.2 Å². The molecule has 0 saturated heterocycles. The molecule has 0 amide bonds. The van der Waals surface area contributed by atoms with Gasteiger partial charge >= 0.3 is 0 Å². The van der Waals surface area contributed by atoms with Crippen LogP contribution in [0.4, 0.5) is 5.82 Å². The Bertz CT molecular complexity index is 795. The molecule has 4 heteroatoms. The summed E-state index contributed by atoms with van der Waals surface area (Å²) in [6.07, 6.45) is 1.79. The molecule has 1 unspecified atom stereocenters. The molecular weight excluding hydrogens is 280 g/mol. The van der Waals surface area contributed by atoms with Crippen LogP contribution in [0.1, 0.15) is 28.3 Å². The van der Waals surface area contributed by atoms with Gasteiger partial charge in [-0.25, -0.2) is 4.98 Å². The molecule has 0 aliphatic heterocycles. The fourth-order valence-electron chi connectivity index (χ4n) is 2.63. The predicted octanol–water partition coefficient (Wildman–Crippen LogP) is 4.79. The van der Waals surface area contributed by atoms with E-state index in [0.29, 0.717) is 0 Å². The molecule has 0 bridgehead atoms. The van der Waals surface area contributed by atoms with Gasteiger partial charge in [-0.15, -0.1) is 11.3 Å². The number of nitrogens with one attached hydrogen (secondary N) is 1. The van der Waals surface area contributed by atoms with Gasteiger partial charge in [-0.1, -0.05) is 6.07 Å². The van der Waals surface area contributed by atoms with Crippen molar-refractivity contribution in [2.45, 2.75) is 26.8 Å². The number of rotatable bonds is 3. The van der Waals surface area contributed by atoms with Crippen LogP contribution in [0.5, 0.6) is 5.75 Å². The van der Waals surface area contributed by atoms with E-state index < -0.39 is 0 Å². The average molecular weight is 298 g/mol. The van der Waals surface area contributed by atoms with Gasteiger partial charge in [-0.05, 0) is 56.0 Å². The summed E-state index contributed by atoms with van der Waals surface area (Å²) in [6, 6.07) is 9.70. The highest BCUT2D eigenvalue weighted by Crippen LogP contribution is 2.31. The molecule has 2 N–H and O–H groups in total. The molecule has 3 nitrogen and oxygen atoms in total. The van der Waals surface area contributed by atoms with Crippen LogP contribution >= 0.6 is 11.3 Å². The lowest BCUT2D eigenvalue weighted by molar-refractivity contribution is 0.476. The summed E-state index contributed by atoms with van der Waals surface area (Å²) in [5.74, 6) is 1.06. The maximum atomic E-state index is 9.70. The van der Waals surface area contributed by atoms with Crippen LogP contribution in [0.3, 0.4) is 0 Å². The van der Waals surface area contributed by atoms with E-state index in [4.69, 9.17) is 0 Å². The number of pyridine rings is 1. The molecule has 3 aromatic rings. The largest absolute Gasteiger partial charge is 0.508 e. The summed E-state index contributed by atoms with van der Waals surface area (Å²) >= 11 is 1.81. The number of aromatic nitrogens is 1. The molecule has 0 aliphatic carbocycles. The third-order valence-corrected chi connectivity index (χ3v) is 4.63. The van der Waals surface area contributed by atoms with Gasteiger partial charge in [0, 0.05) is 21.3 Å². The van der Waals surface area contributed by atoms with Crippen LogP contribution in [0.15, 0.2) is 36.5 Å². The Kier molecular flexibility index (Phi) is 3.55. The summed E-state index contributed by atoms with van der Waals surface area (Å²) in [5, 5.41) is 15.2. The van der Waals surface area contributed by atoms with Crippen molar-refractivity contribution in [3.63, 3.8) is 0 Å². The maximum absolute atomic E-state index is 9.70. The summed E-state index contributed by atoms with van der Waals surface area (Å²) in [7, 11) is 0. The van der Waals surface area contributed by atoms with Gasteiger partial charge < -0.3 is 10.4 Å². The second-order valence-electron chi connectivity index (χ2n) is 5.30. The lowest BCUT2D eigenvalue weighted by Crippen LogP contribution is -2.08. The van der Waals surface area contributed by atoms with Gasteiger partial charge in [0.15, 0.2) is 0 Å². The number of hydrogen-bond acceptors (Lipinski definition) is 4. The zero-order valence-corrected chi connectivity index (χ0v) is 13.2. The molecule has 0 spiro atoms. The Labute approximate surface area is 128 Å². The van der Waals surface area contributed by atoms with Gasteiger partial charge in [0.2, 0.25) is 0 Å².